The van der Waals surface area contributed by atoms with Crippen molar-refractivity contribution in [3.8, 4) is 0 Å². The van der Waals surface area contributed by atoms with Gasteiger partial charge in [0.05, 0.1) is 5.56 Å². The summed E-state index contributed by atoms with van der Waals surface area (Å²) in [5.41, 5.74) is 2.12. The van der Waals surface area contributed by atoms with Gasteiger partial charge >= 0.3 is 6.03 Å². The van der Waals surface area contributed by atoms with Gasteiger partial charge in [-0.1, -0.05) is 0 Å². The Labute approximate surface area is 131 Å². The maximum absolute atomic E-state index is 12.7. The van der Waals surface area contributed by atoms with Crippen LogP contribution in [0.1, 0.15) is 23.2 Å². The second kappa shape index (κ2) is 6.68. The summed E-state index contributed by atoms with van der Waals surface area (Å²) in [4.78, 5) is 29.8. The second-order valence-electron chi connectivity index (χ2n) is 5.95. The van der Waals surface area contributed by atoms with Crippen LogP contribution >= 0.6 is 0 Å². The standard InChI is InChI=1S/C16H24N4O2/c1-18(2)14-8-7-12(17-16(22)19(3)4)11-13(14)15(21)20-9-5-6-10-20/h7-8,11H,5-6,9-10H2,1-4H3,(H,17,22). The fraction of sp³-hybridized carbons (Fsp3) is 0.500. The largest absolute Gasteiger partial charge is 0.377 e. The first-order valence-electron chi connectivity index (χ1n) is 7.49. The van der Waals surface area contributed by atoms with Crippen molar-refractivity contribution in [2.75, 3.05) is 51.5 Å². The van der Waals surface area contributed by atoms with Crippen LogP contribution in [-0.2, 0) is 0 Å². The van der Waals surface area contributed by atoms with Gasteiger partial charge in [0.25, 0.3) is 5.91 Å². The Morgan fingerprint density at radius 3 is 2.27 bits per heavy atom. The molecule has 1 aliphatic heterocycles. The minimum atomic E-state index is -0.211. The molecule has 1 fully saturated rings. The Morgan fingerprint density at radius 1 is 1.09 bits per heavy atom. The molecular formula is C16H24N4O2. The Bertz CT molecular complexity index is 563. The smallest absolute Gasteiger partial charge is 0.321 e. The van der Waals surface area contributed by atoms with Crippen LogP contribution in [0.2, 0.25) is 0 Å². The molecule has 0 aliphatic carbocycles. The minimum Gasteiger partial charge on any atom is -0.377 e. The number of hydrogen-bond acceptors (Lipinski definition) is 3. The molecule has 0 aromatic heterocycles. The quantitative estimate of drug-likeness (QED) is 0.930. The van der Waals surface area contributed by atoms with E-state index in [9.17, 15) is 9.59 Å². The van der Waals surface area contributed by atoms with Gasteiger partial charge < -0.3 is 20.0 Å². The molecule has 1 saturated heterocycles. The van der Waals surface area contributed by atoms with E-state index in [0.717, 1.165) is 31.6 Å². The summed E-state index contributed by atoms with van der Waals surface area (Å²) in [7, 11) is 7.18. The maximum atomic E-state index is 12.7. The highest BCUT2D eigenvalue weighted by Gasteiger charge is 2.23. The predicted molar refractivity (Wildman–Crippen MR) is 88.6 cm³/mol. The van der Waals surface area contributed by atoms with E-state index in [1.54, 1.807) is 20.2 Å². The summed E-state index contributed by atoms with van der Waals surface area (Å²) in [5, 5.41) is 2.79. The van der Waals surface area contributed by atoms with Crippen LogP contribution in [0.15, 0.2) is 18.2 Å². The van der Waals surface area contributed by atoms with Crippen LogP contribution < -0.4 is 10.2 Å². The number of benzene rings is 1. The summed E-state index contributed by atoms with van der Waals surface area (Å²) in [6.07, 6.45) is 2.11. The van der Waals surface area contributed by atoms with E-state index < -0.39 is 0 Å². The Balaban J connectivity index is 2.31. The van der Waals surface area contributed by atoms with Crippen molar-refractivity contribution in [2.24, 2.45) is 0 Å². The predicted octanol–water partition coefficient (Wildman–Crippen LogP) is 2.08. The fourth-order valence-electron chi connectivity index (χ4n) is 2.50. The summed E-state index contributed by atoms with van der Waals surface area (Å²) in [6.45, 7) is 1.61. The monoisotopic (exact) mass is 304 g/mol. The molecule has 120 valence electrons. The van der Waals surface area contributed by atoms with Crippen molar-refractivity contribution in [1.29, 1.82) is 0 Å². The molecule has 0 spiro atoms. The maximum Gasteiger partial charge on any atom is 0.321 e. The van der Waals surface area contributed by atoms with Gasteiger partial charge in [0.1, 0.15) is 0 Å². The molecule has 1 aliphatic rings. The number of carbonyl (C=O) groups is 2. The molecule has 1 aromatic rings. The van der Waals surface area contributed by atoms with Crippen molar-refractivity contribution >= 4 is 23.3 Å². The average molecular weight is 304 g/mol. The van der Waals surface area contributed by atoms with E-state index in [1.807, 2.05) is 36.0 Å². The van der Waals surface area contributed by atoms with Gasteiger partial charge in [-0.05, 0) is 31.0 Å². The lowest BCUT2D eigenvalue weighted by Gasteiger charge is -2.22. The number of rotatable bonds is 3. The SMILES string of the molecule is CN(C)C(=O)Nc1ccc(N(C)C)c(C(=O)N2CCCC2)c1. The third-order valence-electron chi connectivity index (χ3n) is 3.76. The molecule has 3 amide bonds. The lowest BCUT2D eigenvalue weighted by Crippen LogP contribution is -2.30. The van der Waals surface area contributed by atoms with E-state index in [4.69, 9.17) is 0 Å². The molecule has 1 N–H and O–H groups in total. The molecule has 1 heterocycles. The Kier molecular flexibility index (Phi) is 4.90. The molecule has 6 heteroatoms. The molecule has 1 aromatic carbocycles. The van der Waals surface area contributed by atoms with Crippen molar-refractivity contribution in [2.45, 2.75) is 12.8 Å². The van der Waals surface area contributed by atoms with E-state index in [0.29, 0.717) is 11.3 Å². The van der Waals surface area contributed by atoms with Crippen LogP contribution in [0, 0.1) is 0 Å². The van der Waals surface area contributed by atoms with Crippen molar-refractivity contribution in [1.82, 2.24) is 9.80 Å². The highest BCUT2D eigenvalue weighted by atomic mass is 16.2. The summed E-state index contributed by atoms with van der Waals surface area (Å²) < 4.78 is 0. The third-order valence-corrected chi connectivity index (χ3v) is 3.76. The van der Waals surface area contributed by atoms with E-state index in [1.165, 1.54) is 4.90 Å². The zero-order valence-electron chi connectivity index (χ0n) is 13.7. The molecule has 6 nitrogen and oxygen atoms in total. The van der Waals surface area contributed by atoms with Gasteiger partial charge in [0.2, 0.25) is 0 Å². The highest BCUT2D eigenvalue weighted by Crippen LogP contribution is 2.26. The Hall–Kier alpha value is -2.24. The number of nitrogens with one attached hydrogen (secondary N) is 1. The molecule has 22 heavy (non-hydrogen) atoms. The number of amides is 3. The van der Waals surface area contributed by atoms with Crippen LogP contribution in [0.25, 0.3) is 0 Å². The van der Waals surface area contributed by atoms with Gasteiger partial charge in [-0.3, -0.25) is 4.79 Å². The zero-order valence-corrected chi connectivity index (χ0v) is 13.7. The van der Waals surface area contributed by atoms with Crippen LogP contribution in [0.3, 0.4) is 0 Å². The number of anilines is 2. The third kappa shape index (κ3) is 3.50. The molecule has 0 radical (unpaired) electrons. The molecular weight excluding hydrogens is 280 g/mol. The van der Waals surface area contributed by atoms with E-state index >= 15 is 0 Å². The first kappa shape index (κ1) is 16.1. The number of carbonyl (C=O) groups excluding carboxylic acids is 2. The first-order valence-corrected chi connectivity index (χ1v) is 7.49. The van der Waals surface area contributed by atoms with Crippen LogP contribution in [0.4, 0.5) is 16.2 Å². The van der Waals surface area contributed by atoms with Gasteiger partial charge in [0, 0.05) is 52.7 Å². The highest BCUT2D eigenvalue weighted by molar-refractivity contribution is 6.02. The average Bonchev–Trinajstić information content (AvgIpc) is 3.00. The molecule has 0 atom stereocenters. The van der Waals surface area contributed by atoms with Gasteiger partial charge in [-0.15, -0.1) is 0 Å². The molecule has 0 unspecified atom stereocenters. The number of likely N-dealkylation sites (tertiary alicyclic amines) is 1. The summed E-state index contributed by atoms with van der Waals surface area (Å²) in [6, 6.07) is 5.24. The summed E-state index contributed by atoms with van der Waals surface area (Å²) >= 11 is 0. The minimum absolute atomic E-state index is 0.0298. The lowest BCUT2D eigenvalue weighted by atomic mass is 10.1. The van der Waals surface area contributed by atoms with Gasteiger partial charge in [-0.2, -0.15) is 0 Å². The number of hydrogen-bond donors (Lipinski definition) is 1. The topological polar surface area (TPSA) is 55.9 Å². The van der Waals surface area contributed by atoms with Gasteiger partial charge in [-0.25, -0.2) is 4.79 Å². The van der Waals surface area contributed by atoms with E-state index in [2.05, 4.69) is 5.32 Å². The van der Waals surface area contributed by atoms with E-state index in [-0.39, 0.29) is 11.9 Å². The van der Waals surface area contributed by atoms with Crippen LogP contribution in [0.5, 0.6) is 0 Å². The summed E-state index contributed by atoms with van der Waals surface area (Å²) in [5.74, 6) is 0.0298. The van der Waals surface area contributed by atoms with Gasteiger partial charge in [0.15, 0.2) is 0 Å². The second-order valence-corrected chi connectivity index (χ2v) is 5.95. The van der Waals surface area contributed by atoms with Crippen molar-refractivity contribution in [3.05, 3.63) is 23.8 Å². The number of nitrogens with zero attached hydrogens (tertiary/aromatic N) is 3. The lowest BCUT2D eigenvalue weighted by molar-refractivity contribution is 0.0793. The number of urea groups is 1. The molecule has 0 saturated carbocycles. The zero-order chi connectivity index (χ0) is 16.3. The Morgan fingerprint density at radius 2 is 1.73 bits per heavy atom. The van der Waals surface area contributed by atoms with Crippen molar-refractivity contribution in [3.63, 3.8) is 0 Å². The first-order chi connectivity index (χ1) is 10.4. The normalized spacial score (nSPS) is 13.9. The van der Waals surface area contributed by atoms with Crippen molar-refractivity contribution < 1.29 is 9.59 Å². The molecule has 2 rings (SSSR count). The van der Waals surface area contributed by atoms with Crippen LogP contribution in [-0.4, -0.2) is 63.0 Å². The fourth-order valence-corrected chi connectivity index (χ4v) is 2.50. The molecule has 0 bridgehead atoms.